The zero-order valence-corrected chi connectivity index (χ0v) is 12.0. The van der Waals surface area contributed by atoms with Crippen molar-refractivity contribution >= 4 is 39.1 Å². The molecule has 1 aromatic rings. The number of carbonyl (C=O) groups is 2. The van der Waals surface area contributed by atoms with E-state index in [-0.39, 0.29) is 18.9 Å². The zero-order chi connectivity index (χ0) is 13.3. The molecule has 1 aromatic heterocycles. The molecule has 0 aliphatic carbocycles. The monoisotopic (exact) mass is 333 g/mol. The van der Waals surface area contributed by atoms with Gasteiger partial charge in [-0.2, -0.15) is 0 Å². The van der Waals surface area contributed by atoms with Gasteiger partial charge >= 0.3 is 5.97 Å². The molecule has 2 heterocycles. The second kappa shape index (κ2) is 5.38. The van der Waals surface area contributed by atoms with E-state index >= 15 is 0 Å². The standard InChI is InChI=1S/C11H12BrNO4S/c1-17-11(16)8-3-7(14)4-13(8)10(15)6-2-9(12)18-5-6/h2,5,7-8,14H,3-4H2,1H3. The van der Waals surface area contributed by atoms with Crippen molar-refractivity contribution in [2.24, 2.45) is 0 Å². The zero-order valence-electron chi connectivity index (χ0n) is 9.63. The fourth-order valence-corrected chi connectivity index (χ4v) is 3.12. The van der Waals surface area contributed by atoms with Crippen molar-refractivity contribution in [2.45, 2.75) is 18.6 Å². The lowest BCUT2D eigenvalue weighted by molar-refractivity contribution is -0.145. The predicted octanol–water partition coefficient (Wildman–Crippen LogP) is 1.26. The van der Waals surface area contributed by atoms with Crippen LogP contribution in [-0.4, -0.2) is 47.7 Å². The van der Waals surface area contributed by atoms with E-state index in [1.165, 1.54) is 23.3 Å². The molecular weight excluding hydrogens is 322 g/mol. The minimum atomic E-state index is -0.698. The molecule has 1 saturated heterocycles. The third-order valence-corrected chi connectivity index (χ3v) is 4.33. The minimum absolute atomic E-state index is 0.159. The summed E-state index contributed by atoms with van der Waals surface area (Å²) in [7, 11) is 1.27. The van der Waals surface area contributed by atoms with Gasteiger partial charge in [-0.25, -0.2) is 4.79 Å². The molecule has 1 fully saturated rings. The molecule has 18 heavy (non-hydrogen) atoms. The third-order valence-electron chi connectivity index (χ3n) is 2.83. The van der Waals surface area contributed by atoms with E-state index in [9.17, 15) is 14.7 Å². The quantitative estimate of drug-likeness (QED) is 0.827. The Kier molecular flexibility index (Phi) is 4.04. The number of hydrogen-bond acceptors (Lipinski definition) is 5. The third kappa shape index (κ3) is 2.57. The lowest BCUT2D eigenvalue weighted by Gasteiger charge is -2.21. The summed E-state index contributed by atoms with van der Waals surface area (Å²) in [6, 6.07) is 1.00. The molecule has 2 rings (SSSR count). The van der Waals surface area contributed by atoms with Crippen LogP contribution in [0.3, 0.4) is 0 Å². The van der Waals surface area contributed by atoms with Crippen LogP contribution in [0.15, 0.2) is 15.2 Å². The van der Waals surface area contributed by atoms with Gasteiger partial charge < -0.3 is 14.7 Å². The molecule has 0 spiro atoms. The number of aliphatic hydroxyl groups excluding tert-OH is 1. The van der Waals surface area contributed by atoms with Gasteiger partial charge in [-0.3, -0.25) is 4.79 Å². The Hall–Kier alpha value is -0.920. The number of rotatable bonds is 2. The first-order chi connectivity index (χ1) is 8.52. The number of aliphatic hydroxyl groups is 1. The molecule has 7 heteroatoms. The number of halogens is 1. The Labute approximate surface area is 116 Å². The van der Waals surface area contributed by atoms with Crippen molar-refractivity contribution in [3.63, 3.8) is 0 Å². The lowest BCUT2D eigenvalue weighted by Crippen LogP contribution is -2.41. The van der Waals surface area contributed by atoms with Crippen LogP contribution in [0.1, 0.15) is 16.8 Å². The highest BCUT2D eigenvalue weighted by molar-refractivity contribution is 9.11. The van der Waals surface area contributed by atoms with Crippen LogP contribution in [0.2, 0.25) is 0 Å². The van der Waals surface area contributed by atoms with E-state index in [1.54, 1.807) is 11.4 Å². The van der Waals surface area contributed by atoms with Gasteiger partial charge in [-0.05, 0) is 22.0 Å². The Balaban J connectivity index is 2.20. The van der Waals surface area contributed by atoms with Crippen molar-refractivity contribution in [3.8, 4) is 0 Å². The molecule has 1 N–H and O–H groups in total. The smallest absolute Gasteiger partial charge is 0.328 e. The number of β-amino-alcohol motifs (C(OH)–C–C–N with tert-alkyl or cyclic N) is 1. The molecular formula is C11H12BrNO4S. The van der Waals surface area contributed by atoms with Gasteiger partial charge in [-0.15, -0.1) is 11.3 Å². The number of likely N-dealkylation sites (tertiary alicyclic amines) is 1. The highest BCUT2D eigenvalue weighted by atomic mass is 79.9. The van der Waals surface area contributed by atoms with Gasteiger partial charge in [0.1, 0.15) is 6.04 Å². The van der Waals surface area contributed by atoms with E-state index in [2.05, 4.69) is 20.7 Å². The number of thiophene rings is 1. The van der Waals surface area contributed by atoms with E-state index in [0.717, 1.165) is 3.79 Å². The Bertz CT molecular complexity index is 475. The van der Waals surface area contributed by atoms with Crippen molar-refractivity contribution in [2.75, 3.05) is 13.7 Å². The second-order valence-corrected chi connectivity index (χ2v) is 6.32. The topological polar surface area (TPSA) is 66.8 Å². The fraction of sp³-hybridized carbons (Fsp3) is 0.455. The molecule has 0 bridgehead atoms. The van der Waals surface area contributed by atoms with E-state index in [4.69, 9.17) is 0 Å². The number of hydrogen-bond donors (Lipinski definition) is 1. The summed E-state index contributed by atoms with van der Waals surface area (Å²) in [5.74, 6) is -0.752. The fourth-order valence-electron chi connectivity index (χ4n) is 1.99. The highest BCUT2D eigenvalue weighted by Gasteiger charge is 2.40. The van der Waals surface area contributed by atoms with Gasteiger partial charge in [0, 0.05) is 18.3 Å². The number of amides is 1. The average molecular weight is 334 g/mol. The van der Waals surface area contributed by atoms with Crippen molar-refractivity contribution in [1.29, 1.82) is 0 Å². The molecule has 1 aliphatic rings. The Morgan fingerprint density at radius 1 is 1.61 bits per heavy atom. The summed E-state index contributed by atoms with van der Waals surface area (Å²) < 4.78 is 5.50. The summed E-state index contributed by atoms with van der Waals surface area (Å²) in [5.41, 5.74) is 0.509. The largest absolute Gasteiger partial charge is 0.467 e. The average Bonchev–Trinajstić information content (AvgIpc) is 2.93. The van der Waals surface area contributed by atoms with Gasteiger partial charge in [0.05, 0.1) is 22.6 Å². The summed E-state index contributed by atoms with van der Waals surface area (Å²) in [5, 5.41) is 11.3. The molecule has 5 nitrogen and oxygen atoms in total. The van der Waals surface area contributed by atoms with Gasteiger partial charge in [0.25, 0.3) is 5.91 Å². The first kappa shape index (κ1) is 13.5. The number of nitrogens with zero attached hydrogens (tertiary/aromatic N) is 1. The molecule has 2 atom stereocenters. The van der Waals surface area contributed by atoms with Crippen molar-refractivity contribution < 1.29 is 19.4 Å². The van der Waals surface area contributed by atoms with Crippen LogP contribution in [-0.2, 0) is 9.53 Å². The molecule has 0 radical (unpaired) electrons. The first-order valence-corrected chi connectivity index (χ1v) is 7.01. The summed E-state index contributed by atoms with van der Waals surface area (Å²) in [4.78, 5) is 25.2. The van der Waals surface area contributed by atoms with Gasteiger partial charge in [0.15, 0.2) is 0 Å². The second-order valence-electron chi connectivity index (χ2n) is 4.03. The molecule has 0 saturated carbocycles. The Morgan fingerprint density at radius 3 is 2.89 bits per heavy atom. The number of esters is 1. The summed E-state index contributed by atoms with van der Waals surface area (Å²) in [6.07, 6.45) is -0.455. The van der Waals surface area contributed by atoms with Gasteiger partial charge in [0.2, 0.25) is 0 Å². The molecule has 2 unspecified atom stereocenters. The molecule has 0 aromatic carbocycles. The maximum absolute atomic E-state index is 12.2. The molecule has 98 valence electrons. The number of methoxy groups -OCH3 is 1. The van der Waals surface area contributed by atoms with Crippen molar-refractivity contribution in [1.82, 2.24) is 4.90 Å². The first-order valence-electron chi connectivity index (χ1n) is 5.34. The van der Waals surface area contributed by atoms with Crippen LogP contribution < -0.4 is 0 Å². The number of ether oxygens (including phenoxy) is 1. The molecule has 1 amide bonds. The van der Waals surface area contributed by atoms with E-state index < -0.39 is 18.1 Å². The van der Waals surface area contributed by atoms with Crippen LogP contribution in [0.5, 0.6) is 0 Å². The Morgan fingerprint density at radius 2 is 2.33 bits per heavy atom. The molecule has 1 aliphatic heterocycles. The maximum atomic E-state index is 12.2. The van der Waals surface area contributed by atoms with Gasteiger partial charge in [-0.1, -0.05) is 0 Å². The lowest BCUT2D eigenvalue weighted by atomic mass is 10.2. The van der Waals surface area contributed by atoms with Crippen LogP contribution in [0, 0.1) is 0 Å². The summed E-state index contributed by atoms with van der Waals surface area (Å²) in [6.45, 7) is 0.159. The van der Waals surface area contributed by atoms with E-state index in [0.29, 0.717) is 5.56 Å². The van der Waals surface area contributed by atoms with Crippen LogP contribution >= 0.6 is 27.3 Å². The predicted molar refractivity (Wildman–Crippen MR) is 69.5 cm³/mol. The summed E-state index contributed by atoms with van der Waals surface area (Å²) >= 11 is 4.68. The minimum Gasteiger partial charge on any atom is -0.467 e. The normalized spacial score (nSPS) is 23.2. The van der Waals surface area contributed by atoms with Crippen LogP contribution in [0.4, 0.5) is 0 Å². The van der Waals surface area contributed by atoms with Crippen molar-refractivity contribution in [3.05, 3.63) is 20.8 Å². The SMILES string of the molecule is COC(=O)C1CC(O)CN1C(=O)c1csc(Br)c1. The maximum Gasteiger partial charge on any atom is 0.328 e. The van der Waals surface area contributed by atoms with E-state index in [1.807, 2.05) is 0 Å². The highest BCUT2D eigenvalue weighted by Crippen LogP contribution is 2.26. The van der Waals surface area contributed by atoms with Crippen LogP contribution in [0.25, 0.3) is 0 Å². The number of carbonyl (C=O) groups excluding carboxylic acids is 2.